The van der Waals surface area contributed by atoms with Gasteiger partial charge in [0, 0.05) is 45.7 Å². The van der Waals surface area contributed by atoms with Crippen LogP contribution in [0.5, 0.6) is 0 Å². The Bertz CT molecular complexity index is 957. The quantitative estimate of drug-likeness (QED) is 0.484. The van der Waals surface area contributed by atoms with Gasteiger partial charge in [-0.15, -0.1) is 5.10 Å². The van der Waals surface area contributed by atoms with Gasteiger partial charge in [0.15, 0.2) is 5.82 Å². The zero-order chi connectivity index (χ0) is 15.1. The summed E-state index contributed by atoms with van der Waals surface area (Å²) in [5, 5.41) is 5.67. The third kappa shape index (κ3) is 2.17. The summed E-state index contributed by atoms with van der Waals surface area (Å²) in [7, 11) is 2.05. The summed E-state index contributed by atoms with van der Waals surface area (Å²) < 4.78 is 4.91. The van der Waals surface area contributed by atoms with Gasteiger partial charge >= 0.3 is 0 Å². The standard InChI is InChI=1S/C15H11IN6/c1-21-8-12(16)11-7-10(3-4-13(11)21)14-19-9-22(20-14)15-17-5-2-6-18-15/h2-9H,1H3. The first-order valence-corrected chi connectivity index (χ1v) is 7.74. The first-order chi connectivity index (χ1) is 10.7. The number of benzene rings is 1. The Balaban J connectivity index is 1.79. The molecule has 0 saturated carbocycles. The van der Waals surface area contributed by atoms with Crippen LogP contribution in [0.3, 0.4) is 0 Å². The van der Waals surface area contributed by atoms with E-state index in [4.69, 9.17) is 0 Å². The van der Waals surface area contributed by atoms with Crippen LogP contribution in [0.4, 0.5) is 0 Å². The molecule has 4 aromatic rings. The van der Waals surface area contributed by atoms with Crippen molar-refractivity contribution in [3.8, 4) is 17.3 Å². The van der Waals surface area contributed by atoms with Gasteiger partial charge in [-0.25, -0.2) is 15.0 Å². The van der Waals surface area contributed by atoms with Crippen LogP contribution < -0.4 is 0 Å². The topological polar surface area (TPSA) is 61.4 Å². The fourth-order valence-electron chi connectivity index (χ4n) is 2.38. The molecule has 0 atom stereocenters. The lowest BCUT2D eigenvalue weighted by Gasteiger charge is -1.99. The van der Waals surface area contributed by atoms with Crippen LogP contribution >= 0.6 is 22.6 Å². The van der Waals surface area contributed by atoms with E-state index in [2.05, 4.69) is 65.5 Å². The minimum atomic E-state index is 0.511. The molecule has 0 aliphatic heterocycles. The van der Waals surface area contributed by atoms with Crippen LogP contribution in [0.1, 0.15) is 0 Å². The number of aryl methyl sites for hydroxylation is 1. The fraction of sp³-hybridized carbons (Fsp3) is 0.0667. The molecule has 108 valence electrons. The van der Waals surface area contributed by atoms with E-state index < -0.39 is 0 Å². The third-order valence-electron chi connectivity index (χ3n) is 3.45. The average Bonchev–Trinajstić information content (AvgIpc) is 3.14. The molecule has 0 unspecified atom stereocenters. The van der Waals surface area contributed by atoms with Crippen LogP contribution in [0.15, 0.2) is 49.2 Å². The smallest absolute Gasteiger partial charge is 0.251 e. The second kappa shape index (κ2) is 5.16. The molecular formula is C15H11IN6. The number of halogens is 1. The lowest BCUT2D eigenvalue weighted by atomic mass is 10.1. The van der Waals surface area contributed by atoms with Gasteiger partial charge in [-0.1, -0.05) is 0 Å². The zero-order valence-corrected chi connectivity index (χ0v) is 13.8. The summed E-state index contributed by atoms with van der Waals surface area (Å²) in [6.45, 7) is 0. The molecule has 3 aromatic heterocycles. The Kier molecular flexibility index (Phi) is 3.14. The normalized spacial score (nSPS) is 11.2. The second-order valence-corrected chi connectivity index (χ2v) is 6.04. The number of fused-ring (bicyclic) bond motifs is 1. The van der Waals surface area contributed by atoms with Gasteiger partial charge in [0.05, 0.1) is 0 Å². The number of hydrogen-bond donors (Lipinski definition) is 0. The van der Waals surface area contributed by atoms with Crippen LogP contribution in [0.25, 0.3) is 28.2 Å². The highest BCUT2D eigenvalue weighted by Crippen LogP contribution is 2.26. The van der Waals surface area contributed by atoms with Gasteiger partial charge in [-0.2, -0.15) is 4.68 Å². The maximum Gasteiger partial charge on any atom is 0.251 e. The summed E-state index contributed by atoms with van der Waals surface area (Å²) in [5.74, 6) is 1.17. The van der Waals surface area contributed by atoms with E-state index in [1.54, 1.807) is 29.5 Å². The monoisotopic (exact) mass is 402 g/mol. The van der Waals surface area contributed by atoms with Crippen molar-refractivity contribution in [1.82, 2.24) is 29.3 Å². The van der Waals surface area contributed by atoms with E-state index in [1.807, 2.05) is 13.1 Å². The molecular weight excluding hydrogens is 391 g/mol. The lowest BCUT2D eigenvalue weighted by Crippen LogP contribution is -2.00. The molecule has 6 nitrogen and oxygen atoms in total. The maximum absolute atomic E-state index is 4.47. The van der Waals surface area contributed by atoms with E-state index >= 15 is 0 Å². The van der Waals surface area contributed by atoms with Crippen molar-refractivity contribution in [2.75, 3.05) is 0 Å². The van der Waals surface area contributed by atoms with Gasteiger partial charge in [0.2, 0.25) is 0 Å². The van der Waals surface area contributed by atoms with Gasteiger partial charge in [0.1, 0.15) is 6.33 Å². The highest BCUT2D eigenvalue weighted by Gasteiger charge is 2.10. The van der Waals surface area contributed by atoms with E-state index in [0.717, 1.165) is 5.56 Å². The van der Waals surface area contributed by atoms with Crippen LogP contribution in [-0.2, 0) is 7.05 Å². The minimum absolute atomic E-state index is 0.511. The van der Waals surface area contributed by atoms with Crippen LogP contribution in [0.2, 0.25) is 0 Å². The molecule has 0 amide bonds. The predicted octanol–water partition coefficient (Wildman–Crippen LogP) is 2.82. The van der Waals surface area contributed by atoms with E-state index in [-0.39, 0.29) is 0 Å². The van der Waals surface area contributed by atoms with E-state index in [9.17, 15) is 0 Å². The van der Waals surface area contributed by atoms with Crippen molar-refractivity contribution < 1.29 is 0 Å². The molecule has 0 bridgehead atoms. The molecule has 1 aromatic carbocycles. The third-order valence-corrected chi connectivity index (χ3v) is 4.31. The van der Waals surface area contributed by atoms with Gasteiger partial charge < -0.3 is 4.57 Å². The van der Waals surface area contributed by atoms with Crippen LogP contribution in [0, 0.1) is 3.57 Å². The molecule has 0 fully saturated rings. The van der Waals surface area contributed by atoms with Gasteiger partial charge in [-0.05, 0) is 46.9 Å². The molecule has 4 rings (SSSR count). The molecule has 0 aliphatic rings. The largest absolute Gasteiger partial charge is 0.349 e. The van der Waals surface area contributed by atoms with Crippen molar-refractivity contribution in [2.24, 2.45) is 7.05 Å². The van der Waals surface area contributed by atoms with Gasteiger partial charge in [-0.3, -0.25) is 0 Å². The Morgan fingerprint density at radius 1 is 1.09 bits per heavy atom. The molecule has 7 heteroatoms. The summed E-state index contributed by atoms with van der Waals surface area (Å²) in [6, 6.07) is 8.01. The minimum Gasteiger partial charge on any atom is -0.349 e. The summed E-state index contributed by atoms with van der Waals surface area (Å²) in [6.07, 6.45) is 7.10. The Morgan fingerprint density at radius 2 is 1.91 bits per heavy atom. The molecule has 22 heavy (non-hydrogen) atoms. The Morgan fingerprint density at radius 3 is 2.73 bits per heavy atom. The molecule has 0 aliphatic carbocycles. The second-order valence-electron chi connectivity index (χ2n) is 4.88. The first kappa shape index (κ1) is 13.4. The Labute approximate surface area is 140 Å². The van der Waals surface area contributed by atoms with Crippen molar-refractivity contribution in [2.45, 2.75) is 0 Å². The maximum atomic E-state index is 4.47. The number of nitrogens with zero attached hydrogens (tertiary/aromatic N) is 6. The number of rotatable bonds is 2. The summed E-state index contributed by atoms with van der Waals surface area (Å²) in [4.78, 5) is 12.7. The highest BCUT2D eigenvalue weighted by atomic mass is 127. The zero-order valence-electron chi connectivity index (χ0n) is 11.7. The van der Waals surface area contributed by atoms with Crippen molar-refractivity contribution >= 4 is 33.5 Å². The average molecular weight is 402 g/mol. The van der Waals surface area contributed by atoms with Crippen molar-refractivity contribution in [3.05, 3.63) is 52.8 Å². The lowest BCUT2D eigenvalue weighted by molar-refractivity contribution is 0.808. The van der Waals surface area contributed by atoms with Crippen molar-refractivity contribution in [1.29, 1.82) is 0 Å². The van der Waals surface area contributed by atoms with Crippen molar-refractivity contribution in [3.63, 3.8) is 0 Å². The number of aromatic nitrogens is 6. The molecule has 0 radical (unpaired) electrons. The molecule has 0 N–H and O–H groups in total. The summed E-state index contributed by atoms with van der Waals surface area (Å²) >= 11 is 2.34. The fourth-order valence-corrected chi connectivity index (χ4v) is 3.23. The predicted molar refractivity (Wildman–Crippen MR) is 91.6 cm³/mol. The number of hydrogen-bond acceptors (Lipinski definition) is 4. The molecule has 3 heterocycles. The van der Waals surface area contributed by atoms with E-state index in [0.29, 0.717) is 11.8 Å². The van der Waals surface area contributed by atoms with Gasteiger partial charge in [0.25, 0.3) is 5.95 Å². The Hall–Kier alpha value is -2.29. The summed E-state index contributed by atoms with van der Waals surface area (Å²) in [5.41, 5.74) is 2.17. The van der Waals surface area contributed by atoms with Crippen LogP contribution in [-0.4, -0.2) is 29.3 Å². The molecule has 0 saturated heterocycles. The van der Waals surface area contributed by atoms with E-state index in [1.165, 1.54) is 14.5 Å². The molecule has 0 spiro atoms. The first-order valence-electron chi connectivity index (χ1n) is 6.66. The SMILES string of the molecule is Cn1cc(I)c2cc(-c3ncn(-c4ncccn4)n3)ccc21. The highest BCUT2D eigenvalue weighted by molar-refractivity contribution is 14.1.